The number of nitriles is 1. The highest BCUT2D eigenvalue weighted by Crippen LogP contribution is 2.21. The van der Waals surface area contributed by atoms with E-state index < -0.39 is 0 Å². The monoisotopic (exact) mass is 268 g/mol. The van der Waals surface area contributed by atoms with Gasteiger partial charge < -0.3 is 4.90 Å². The molecule has 0 aliphatic rings. The molecule has 94 valence electrons. The van der Waals surface area contributed by atoms with E-state index in [9.17, 15) is 4.79 Å². The van der Waals surface area contributed by atoms with Gasteiger partial charge in [0.15, 0.2) is 0 Å². The molecule has 1 amide bonds. The fraction of sp³-hybridized carbons (Fsp3) is 0.0667. The Hall–Kier alpha value is -2.25. The minimum Gasteiger partial charge on any atom is -0.310 e. The van der Waals surface area contributed by atoms with E-state index in [0.29, 0.717) is 16.8 Å². The molecule has 0 saturated heterocycles. The van der Waals surface area contributed by atoms with Gasteiger partial charge in [-0.25, -0.2) is 0 Å². The number of amides is 1. The number of benzene rings is 2. The molecule has 3 nitrogen and oxygen atoms in total. The van der Waals surface area contributed by atoms with Gasteiger partial charge in [0.1, 0.15) is 6.07 Å². The second kappa shape index (κ2) is 5.59. The first-order valence-corrected chi connectivity index (χ1v) is 6.14. The van der Waals surface area contributed by atoms with Crippen LogP contribution in [-0.4, -0.2) is 13.0 Å². The first-order chi connectivity index (χ1) is 9.13. The van der Waals surface area contributed by atoms with Crippen molar-refractivity contribution in [1.82, 2.24) is 0 Å². The quantitative estimate of drug-likeness (QED) is 0.850. The van der Waals surface area contributed by atoms with Gasteiger partial charge in [0.05, 0.1) is 11.3 Å². The van der Waals surface area contributed by atoms with Gasteiger partial charge in [0.25, 0.3) is 5.91 Å². The van der Waals surface area contributed by atoms with E-state index in [-0.39, 0.29) is 5.91 Å². The minimum atomic E-state index is -0.168. The summed E-state index contributed by atoms with van der Waals surface area (Å²) in [5.41, 5.74) is 1.61. The summed E-state index contributed by atoms with van der Waals surface area (Å²) in [7, 11) is 1.66. The summed E-state index contributed by atoms with van der Waals surface area (Å²) in [5, 5.41) is 9.06. The van der Waals surface area contributed by atoms with Crippen LogP contribution >= 0.6 is 12.6 Å². The van der Waals surface area contributed by atoms with Crippen LogP contribution in [0.5, 0.6) is 0 Å². The number of para-hydroxylation sites is 1. The van der Waals surface area contributed by atoms with Gasteiger partial charge >= 0.3 is 0 Å². The summed E-state index contributed by atoms with van der Waals surface area (Å²) in [5.74, 6) is -0.168. The van der Waals surface area contributed by atoms with E-state index in [0.717, 1.165) is 4.90 Å². The number of anilines is 1. The first kappa shape index (κ1) is 13.2. The molecule has 0 aliphatic heterocycles. The number of hydrogen-bond acceptors (Lipinski definition) is 3. The predicted molar refractivity (Wildman–Crippen MR) is 77.6 cm³/mol. The maximum atomic E-state index is 12.3. The van der Waals surface area contributed by atoms with Crippen LogP contribution in [-0.2, 0) is 0 Å². The average Bonchev–Trinajstić information content (AvgIpc) is 2.45. The Labute approximate surface area is 117 Å². The maximum absolute atomic E-state index is 12.3. The number of carbonyl (C=O) groups excluding carboxylic acids is 1. The Kier molecular flexibility index (Phi) is 3.88. The van der Waals surface area contributed by atoms with Gasteiger partial charge in [-0.1, -0.05) is 18.2 Å². The lowest BCUT2D eigenvalue weighted by molar-refractivity contribution is 0.0992. The van der Waals surface area contributed by atoms with E-state index in [1.54, 1.807) is 49.5 Å². The van der Waals surface area contributed by atoms with Crippen LogP contribution in [0.25, 0.3) is 0 Å². The summed E-state index contributed by atoms with van der Waals surface area (Å²) in [4.78, 5) is 14.6. The Morgan fingerprint density at radius 2 is 1.95 bits per heavy atom. The topological polar surface area (TPSA) is 44.1 Å². The fourth-order valence-corrected chi connectivity index (χ4v) is 2.03. The second-order valence-electron chi connectivity index (χ2n) is 4.04. The van der Waals surface area contributed by atoms with E-state index >= 15 is 0 Å². The van der Waals surface area contributed by atoms with Crippen molar-refractivity contribution in [2.75, 3.05) is 11.9 Å². The lowest BCUT2D eigenvalue weighted by Gasteiger charge is -2.18. The highest BCUT2D eigenvalue weighted by molar-refractivity contribution is 7.80. The summed E-state index contributed by atoms with van der Waals surface area (Å²) in [6.07, 6.45) is 0. The molecule has 0 radical (unpaired) electrons. The van der Waals surface area contributed by atoms with Crippen molar-refractivity contribution in [3.8, 4) is 6.07 Å². The largest absolute Gasteiger partial charge is 0.310 e. The third-order valence-corrected chi connectivity index (χ3v) is 3.06. The van der Waals surface area contributed by atoms with E-state index in [2.05, 4.69) is 18.7 Å². The molecule has 0 fully saturated rings. The van der Waals surface area contributed by atoms with Gasteiger partial charge in [-0.3, -0.25) is 4.79 Å². The summed E-state index contributed by atoms with van der Waals surface area (Å²) in [6.45, 7) is 0. The van der Waals surface area contributed by atoms with Crippen molar-refractivity contribution < 1.29 is 4.79 Å². The van der Waals surface area contributed by atoms with E-state index in [1.165, 1.54) is 4.90 Å². The van der Waals surface area contributed by atoms with Crippen LogP contribution in [0.15, 0.2) is 53.4 Å². The normalized spacial score (nSPS) is 9.74. The zero-order valence-electron chi connectivity index (χ0n) is 10.4. The van der Waals surface area contributed by atoms with Crippen LogP contribution in [0.1, 0.15) is 15.9 Å². The molecular formula is C15H12N2OS. The molecule has 2 aromatic carbocycles. The highest BCUT2D eigenvalue weighted by atomic mass is 32.1. The second-order valence-corrected chi connectivity index (χ2v) is 4.56. The van der Waals surface area contributed by atoms with Crippen LogP contribution in [0, 0.1) is 11.3 Å². The smallest absolute Gasteiger partial charge is 0.258 e. The maximum Gasteiger partial charge on any atom is 0.258 e. The Morgan fingerprint density at radius 3 is 2.63 bits per heavy atom. The fourth-order valence-electron chi connectivity index (χ4n) is 1.80. The van der Waals surface area contributed by atoms with Crippen LogP contribution in [0.4, 0.5) is 5.69 Å². The van der Waals surface area contributed by atoms with Gasteiger partial charge in [0.2, 0.25) is 0 Å². The SMILES string of the molecule is CN(C(=O)c1cccc(S)c1)c1ccccc1C#N. The van der Waals surface area contributed by atoms with E-state index in [4.69, 9.17) is 5.26 Å². The molecule has 4 heteroatoms. The molecule has 19 heavy (non-hydrogen) atoms. The van der Waals surface area contributed by atoms with Crippen molar-refractivity contribution in [1.29, 1.82) is 5.26 Å². The molecule has 0 spiro atoms. The van der Waals surface area contributed by atoms with E-state index in [1.807, 2.05) is 6.07 Å². The standard InChI is InChI=1S/C15H12N2OS/c1-17(14-8-3-2-5-12(14)10-16)15(18)11-6-4-7-13(19)9-11/h2-9,19H,1H3. The van der Waals surface area contributed by atoms with Crippen molar-refractivity contribution in [3.63, 3.8) is 0 Å². The summed E-state index contributed by atoms with van der Waals surface area (Å²) >= 11 is 4.22. The minimum absolute atomic E-state index is 0.168. The molecule has 0 bridgehead atoms. The van der Waals surface area contributed by atoms with Crippen molar-refractivity contribution in [2.24, 2.45) is 0 Å². The molecule has 0 N–H and O–H groups in total. The van der Waals surface area contributed by atoms with Crippen LogP contribution < -0.4 is 4.90 Å². The first-order valence-electron chi connectivity index (χ1n) is 5.69. The lowest BCUT2D eigenvalue weighted by atomic mass is 10.1. The number of rotatable bonds is 2. The Bertz CT molecular complexity index is 661. The molecule has 0 heterocycles. The molecular weight excluding hydrogens is 256 g/mol. The molecule has 0 aromatic heterocycles. The predicted octanol–water partition coefficient (Wildman–Crippen LogP) is 3.12. The van der Waals surface area contributed by atoms with Crippen molar-refractivity contribution in [3.05, 3.63) is 59.7 Å². The Morgan fingerprint density at radius 1 is 1.21 bits per heavy atom. The summed E-state index contributed by atoms with van der Waals surface area (Å²) < 4.78 is 0. The van der Waals surface area contributed by atoms with Crippen LogP contribution in [0.3, 0.4) is 0 Å². The molecule has 0 saturated carbocycles. The number of carbonyl (C=O) groups is 1. The number of hydrogen-bond donors (Lipinski definition) is 1. The van der Waals surface area contributed by atoms with Gasteiger partial charge in [0, 0.05) is 17.5 Å². The van der Waals surface area contributed by atoms with Crippen molar-refractivity contribution >= 4 is 24.2 Å². The number of thiol groups is 1. The third-order valence-electron chi connectivity index (χ3n) is 2.78. The highest BCUT2D eigenvalue weighted by Gasteiger charge is 2.16. The molecule has 0 unspecified atom stereocenters. The average molecular weight is 268 g/mol. The van der Waals surface area contributed by atoms with Crippen LogP contribution in [0.2, 0.25) is 0 Å². The molecule has 0 atom stereocenters. The molecule has 0 aliphatic carbocycles. The van der Waals surface area contributed by atoms with Gasteiger partial charge in [-0.15, -0.1) is 12.6 Å². The molecule has 2 aromatic rings. The lowest BCUT2D eigenvalue weighted by Crippen LogP contribution is -2.26. The van der Waals surface area contributed by atoms with Gasteiger partial charge in [-0.2, -0.15) is 5.26 Å². The molecule has 2 rings (SSSR count). The van der Waals surface area contributed by atoms with Gasteiger partial charge in [-0.05, 0) is 30.3 Å². The Balaban J connectivity index is 2.37. The summed E-state index contributed by atoms with van der Waals surface area (Å²) in [6, 6.07) is 16.1. The zero-order valence-corrected chi connectivity index (χ0v) is 11.3. The zero-order chi connectivity index (χ0) is 13.8. The third kappa shape index (κ3) is 2.78. The van der Waals surface area contributed by atoms with Crippen molar-refractivity contribution in [2.45, 2.75) is 4.90 Å². The number of nitrogens with zero attached hydrogens (tertiary/aromatic N) is 2.